The molecule has 13 aromatic rings. The van der Waals surface area contributed by atoms with Gasteiger partial charge < -0.3 is 13.7 Å². The molecule has 0 saturated heterocycles. The summed E-state index contributed by atoms with van der Waals surface area (Å²) in [7, 11) is 0. The van der Waals surface area contributed by atoms with Crippen molar-refractivity contribution >= 4 is 65.4 Å². The molecule has 0 atom stereocenters. The van der Waals surface area contributed by atoms with Gasteiger partial charge in [-0.1, -0.05) is 182 Å². The third kappa shape index (κ3) is 4.65. The molecule has 0 unspecified atom stereocenters. The monoisotopic (exact) mass is 813 g/mol. The van der Waals surface area contributed by atoms with Gasteiger partial charge in [0.25, 0.3) is 0 Å². The highest BCUT2D eigenvalue weighted by atomic mass is 15.1. The second kappa shape index (κ2) is 13.3. The Kier molecular flexibility index (Phi) is 7.32. The third-order valence-corrected chi connectivity index (χ3v) is 14.1. The maximum Gasteiger partial charge on any atom is 0.0784 e. The fraction of sp³-hybridized carbons (Fsp3) is 0.0164. The van der Waals surface area contributed by atoms with Gasteiger partial charge in [0.15, 0.2) is 0 Å². The first kappa shape index (κ1) is 35.2. The number of benzene rings is 10. The van der Waals surface area contributed by atoms with Crippen LogP contribution in [0.15, 0.2) is 237 Å². The predicted molar refractivity (Wildman–Crippen MR) is 267 cm³/mol. The fourth-order valence-corrected chi connectivity index (χ4v) is 11.6. The molecule has 0 saturated carbocycles. The minimum absolute atomic E-state index is 0.473. The largest absolute Gasteiger partial charge is 0.309 e. The van der Waals surface area contributed by atoms with Gasteiger partial charge >= 0.3 is 0 Å². The highest BCUT2D eigenvalue weighted by molar-refractivity contribution is 6.16. The van der Waals surface area contributed by atoms with E-state index < -0.39 is 5.41 Å². The van der Waals surface area contributed by atoms with Crippen LogP contribution in [0, 0.1) is 0 Å². The maximum atomic E-state index is 2.51. The molecule has 10 aromatic carbocycles. The summed E-state index contributed by atoms with van der Waals surface area (Å²) in [5.74, 6) is 0. The number of para-hydroxylation sites is 5. The first-order valence-electron chi connectivity index (χ1n) is 22.2. The summed E-state index contributed by atoms with van der Waals surface area (Å²) in [5.41, 5.74) is 17.7. The Labute approximate surface area is 369 Å². The minimum Gasteiger partial charge on any atom is -0.309 e. The molecule has 3 heteroatoms. The van der Waals surface area contributed by atoms with E-state index in [2.05, 4.69) is 250 Å². The van der Waals surface area contributed by atoms with Crippen LogP contribution in [0.4, 0.5) is 0 Å². The van der Waals surface area contributed by atoms with Gasteiger partial charge in [0.1, 0.15) is 0 Å². The van der Waals surface area contributed by atoms with E-state index >= 15 is 0 Å². The van der Waals surface area contributed by atoms with E-state index in [1.807, 2.05) is 0 Å². The quantitative estimate of drug-likeness (QED) is 0.164. The zero-order valence-electron chi connectivity index (χ0n) is 34.9. The second-order valence-corrected chi connectivity index (χ2v) is 17.2. The molecular formula is C61H39N3. The van der Waals surface area contributed by atoms with E-state index in [0.717, 1.165) is 17.1 Å². The molecule has 0 fully saturated rings. The molecule has 0 spiro atoms. The van der Waals surface area contributed by atoms with Crippen LogP contribution in [0.2, 0.25) is 0 Å². The molecule has 0 aliphatic heterocycles. The first-order chi connectivity index (χ1) is 31.8. The van der Waals surface area contributed by atoms with Crippen LogP contribution in [0.25, 0.3) is 93.6 Å². The zero-order chi connectivity index (χ0) is 41.9. The van der Waals surface area contributed by atoms with Crippen LogP contribution in [0.1, 0.15) is 22.3 Å². The number of nitrogens with zero attached hydrogens (tertiary/aromatic N) is 3. The summed E-state index contributed by atoms with van der Waals surface area (Å²) in [4.78, 5) is 0. The summed E-state index contributed by atoms with van der Waals surface area (Å²) in [6.07, 6.45) is 0. The molecule has 1 aliphatic carbocycles. The van der Waals surface area contributed by atoms with Crippen LogP contribution in [0.3, 0.4) is 0 Å². The number of hydrogen-bond acceptors (Lipinski definition) is 0. The molecule has 0 N–H and O–H groups in total. The van der Waals surface area contributed by atoms with E-state index in [-0.39, 0.29) is 0 Å². The van der Waals surface area contributed by atoms with Gasteiger partial charge in [-0.05, 0) is 88.0 Å². The van der Waals surface area contributed by atoms with Crippen molar-refractivity contribution in [3.05, 3.63) is 259 Å². The Morgan fingerprint density at radius 1 is 0.266 bits per heavy atom. The molecule has 0 amide bonds. The molecule has 0 bridgehead atoms. The van der Waals surface area contributed by atoms with Crippen LogP contribution in [-0.4, -0.2) is 13.7 Å². The Morgan fingerprint density at radius 2 is 0.656 bits per heavy atom. The molecule has 3 aromatic heterocycles. The number of aromatic nitrogens is 3. The smallest absolute Gasteiger partial charge is 0.0784 e. The van der Waals surface area contributed by atoms with Crippen molar-refractivity contribution in [3.63, 3.8) is 0 Å². The summed E-state index contributed by atoms with van der Waals surface area (Å²) >= 11 is 0. The lowest BCUT2D eigenvalue weighted by Crippen LogP contribution is -2.28. The van der Waals surface area contributed by atoms with E-state index in [1.54, 1.807) is 0 Å². The maximum absolute atomic E-state index is 2.51. The molecule has 14 rings (SSSR count). The van der Waals surface area contributed by atoms with Crippen LogP contribution < -0.4 is 0 Å². The molecule has 1 aliphatic rings. The van der Waals surface area contributed by atoms with Crippen molar-refractivity contribution in [1.29, 1.82) is 0 Å². The first-order valence-corrected chi connectivity index (χ1v) is 22.2. The van der Waals surface area contributed by atoms with Crippen LogP contribution >= 0.6 is 0 Å². The lowest BCUT2D eigenvalue weighted by atomic mass is 9.68. The number of rotatable bonds is 5. The molecule has 0 radical (unpaired) electrons. The van der Waals surface area contributed by atoms with Crippen molar-refractivity contribution in [2.45, 2.75) is 5.41 Å². The van der Waals surface area contributed by atoms with Gasteiger partial charge in [-0.2, -0.15) is 0 Å². The van der Waals surface area contributed by atoms with Crippen molar-refractivity contribution in [2.24, 2.45) is 0 Å². The average molecular weight is 814 g/mol. The lowest BCUT2D eigenvalue weighted by molar-refractivity contribution is 0.768. The average Bonchev–Trinajstić information content (AvgIpc) is 4.09. The van der Waals surface area contributed by atoms with Gasteiger partial charge in [0.2, 0.25) is 0 Å². The van der Waals surface area contributed by atoms with Crippen molar-refractivity contribution in [3.8, 4) is 28.2 Å². The van der Waals surface area contributed by atoms with Crippen LogP contribution in [-0.2, 0) is 5.41 Å². The highest BCUT2D eigenvalue weighted by Gasteiger charge is 2.45. The Hall–Kier alpha value is -8.40. The SMILES string of the molecule is c1ccc(C2(c3ccc(-n4c5ccccc5c5cc(-n6c7ccccc7c7ccccc76)cc(-n6c7ccccc7c7ccccc76)c54)cc3)c3ccccc3-c3ccccc32)cc1. The molecule has 3 nitrogen and oxygen atoms in total. The standard InChI is InChI=1S/C61H39N3/c1-2-18-40(19-3-1)61(52-27-11-4-20-44(52)45-21-5-12-28-53(45)61)41-34-36-42(37-35-41)63-56-31-15-10-26-50(56)51-38-43(62-54-29-13-6-22-46(54)47-23-7-14-30-55(47)62)39-59(60(51)63)64-57-32-16-8-24-48(57)49-25-9-17-33-58(49)64/h1-39H. The Bertz CT molecular complexity index is 3860. The van der Waals surface area contributed by atoms with Gasteiger partial charge in [-0.3, -0.25) is 0 Å². The topological polar surface area (TPSA) is 14.8 Å². The summed E-state index contributed by atoms with van der Waals surface area (Å²) < 4.78 is 7.47. The van der Waals surface area contributed by atoms with E-state index in [0.29, 0.717) is 0 Å². The zero-order valence-corrected chi connectivity index (χ0v) is 34.9. The fourth-order valence-electron chi connectivity index (χ4n) is 11.6. The van der Waals surface area contributed by atoms with Gasteiger partial charge in [0.05, 0.1) is 44.2 Å². The van der Waals surface area contributed by atoms with Gasteiger partial charge in [-0.15, -0.1) is 0 Å². The van der Waals surface area contributed by atoms with E-state index in [1.165, 1.54) is 98.8 Å². The second-order valence-electron chi connectivity index (χ2n) is 17.2. The minimum atomic E-state index is -0.473. The Balaban J connectivity index is 1.09. The number of hydrogen-bond donors (Lipinski definition) is 0. The van der Waals surface area contributed by atoms with Crippen molar-refractivity contribution in [2.75, 3.05) is 0 Å². The Morgan fingerprint density at radius 3 is 1.17 bits per heavy atom. The van der Waals surface area contributed by atoms with Gasteiger partial charge in [0, 0.05) is 43.7 Å². The van der Waals surface area contributed by atoms with Crippen molar-refractivity contribution in [1.82, 2.24) is 13.7 Å². The van der Waals surface area contributed by atoms with E-state index in [9.17, 15) is 0 Å². The summed E-state index contributed by atoms with van der Waals surface area (Å²) in [5, 5.41) is 7.40. The molecule has 298 valence electrons. The molecular weight excluding hydrogens is 775 g/mol. The summed E-state index contributed by atoms with van der Waals surface area (Å²) in [6.45, 7) is 0. The van der Waals surface area contributed by atoms with Gasteiger partial charge in [-0.25, -0.2) is 0 Å². The summed E-state index contributed by atoms with van der Waals surface area (Å²) in [6, 6.07) is 87.7. The normalized spacial score (nSPS) is 13.1. The highest BCUT2D eigenvalue weighted by Crippen LogP contribution is 2.56. The number of fused-ring (bicyclic) bond motifs is 12. The lowest BCUT2D eigenvalue weighted by Gasteiger charge is -2.34. The molecule has 3 heterocycles. The van der Waals surface area contributed by atoms with Crippen LogP contribution in [0.5, 0.6) is 0 Å². The molecule has 64 heavy (non-hydrogen) atoms. The van der Waals surface area contributed by atoms with Crippen molar-refractivity contribution < 1.29 is 0 Å². The third-order valence-electron chi connectivity index (χ3n) is 14.1. The predicted octanol–water partition coefficient (Wildman–Crippen LogP) is 15.3. The van der Waals surface area contributed by atoms with E-state index in [4.69, 9.17) is 0 Å².